The molecule has 4 N–H and O–H groups in total. The molecule has 3 aromatic heterocycles. The molecule has 2 fully saturated rings. The van der Waals surface area contributed by atoms with Crippen molar-refractivity contribution < 1.29 is 23.5 Å². The Bertz CT molecular complexity index is 1690. The zero-order valence-electron chi connectivity index (χ0n) is 28.0. The molecule has 2 aliphatic heterocycles. The lowest BCUT2D eigenvalue weighted by atomic mass is 9.86. The molecule has 3 amide bonds. The van der Waals surface area contributed by atoms with Crippen LogP contribution in [0.4, 0.5) is 0 Å². The molecular formula is C34H47N7O5. The zero-order valence-corrected chi connectivity index (χ0v) is 28.0. The lowest BCUT2D eigenvalue weighted by Crippen LogP contribution is -2.33. The molecule has 1 spiro atoms. The maximum absolute atomic E-state index is 13.5. The number of furan rings is 1. The van der Waals surface area contributed by atoms with Crippen LogP contribution in [0.15, 0.2) is 41.1 Å². The van der Waals surface area contributed by atoms with E-state index in [1.54, 1.807) is 55.1 Å². The van der Waals surface area contributed by atoms with Gasteiger partial charge in [0.15, 0.2) is 5.75 Å². The first-order valence-corrected chi connectivity index (χ1v) is 16.0. The number of aryl methyl sites for hydroxylation is 2. The van der Waals surface area contributed by atoms with Gasteiger partial charge in [-0.05, 0) is 58.0 Å². The van der Waals surface area contributed by atoms with Crippen molar-refractivity contribution in [2.45, 2.75) is 53.9 Å². The van der Waals surface area contributed by atoms with Crippen LogP contribution in [0.25, 0.3) is 16.5 Å². The summed E-state index contributed by atoms with van der Waals surface area (Å²) >= 11 is 0. The normalized spacial score (nSPS) is 17.0. The van der Waals surface area contributed by atoms with Gasteiger partial charge in [-0.15, -0.1) is 0 Å². The Labute approximate surface area is 270 Å². The number of aromatic nitrogens is 2. The van der Waals surface area contributed by atoms with Crippen LogP contribution in [0.1, 0.15) is 72.1 Å². The number of fused-ring (bicyclic) bond motifs is 2. The first-order valence-electron chi connectivity index (χ1n) is 16.0. The van der Waals surface area contributed by atoms with Crippen LogP contribution in [-0.4, -0.2) is 79.2 Å². The minimum absolute atomic E-state index is 0.0545. The molecule has 4 aromatic rings. The van der Waals surface area contributed by atoms with Crippen molar-refractivity contribution >= 4 is 34.2 Å². The average Bonchev–Trinajstić information content (AvgIpc) is 3.82. The minimum atomic E-state index is -0.207. The maximum atomic E-state index is 13.5. The van der Waals surface area contributed by atoms with E-state index in [0.29, 0.717) is 70.9 Å². The summed E-state index contributed by atoms with van der Waals surface area (Å²) in [5.74, 6) is 1.39. The van der Waals surface area contributed by atoms with E-state index in [4.69, 9.17) is 9.15 Å². The lowest BCUT2D eigenvalue weighted by molar-refractivity contribution is -0.119. The van der Waals surface area contributed by atoms with Crippen LogP contribution in [-0.2, 0) is 4.79 Å². The van der Waals surface area contributed by atoms with Crippen molar-refractivity contribution in [2.24, 2.45) is 5.41 Å². The van der Waals surface area contributed by atoms with E-state index in [1.165, 1.54) is 6.42 Å². The number of benzene rings is 1. The Hall–Kier alpha value is -4.42. The molecule has 0 radical (unpaired) electrons. The number of ether oxygens (including phenoxy) is 1. The second kappa shape index (κ2) is 15.2. The molecule has 1 unspecified atom stereocenters. The smallest absolute Gasteiger partial charge is 0.255 e. The number of nitrogens with one attached hydrogen (secondary N) is 4. The molecular weight excluding hydrogens is 586 g/mol. The quantitative estimate of drug-likeness (QED) is 0.165. The molecule has 5 heterocycles. The van der Waals surface area contributed by atoms with Gasteiger partial charge in [-0.2, -0.15) is 5.10 Å². The number of likely N-dealkylation sites (tertiary alicyclic amines) is 1. The number of nitrogens with zero attached hydrogens (tertiary/aromatic N) is 3. The predicted molar refractivity (Wildman–Crippen MR) is 178 cm³/mol. The highest BCUT2D eigenvalue weighted by Crippen LogP contribution is 2.38. The van der Waals surface area contributed by atoms with E-state index < -0.39 is 0 Å². The van der Waals surface area contributed by atoms with Gasteiger partial charge in [0, 0.05) is 68.9 Å². The number of rotatable bonds is 8. The van der Waals surface area contributed by atoms with Gasteiger partial charge >= 0.3 is 0 Å². The summed E-state index contributed by atoms with van der Waals surface area (Å²) in [6, 6.07) is 7.09. The summed E-state index contributed by atoms with van der Waals surface area (Å²) < 4.78 is 13.7. The Morgan fingerprint density at radius 2 is 1.96 bits per heavy atom. The summed E-state index contributed by atoms with van der Waals surface area (Å²) in [4.78, 5) is 39.3. The third-order valence-electron chi connectivity index (χ3n) is 8.29. The Balaban J connectivity index is 0.000000475. The largest absolute Gasteiger partial charge is 0.460 e. The summed E-state index contributed by atoms with van der Waals surface area (Å²) in [6.45, 7) is 13.6. The Morgan fingerprint density at radius 3 is 2.63 bits per heavy atom. The lowest BCUT2D eigenvalue weighted by Gasteiger charge is -2.21. The fraction of sp³-hybridized carbons (Fsp3) is 0.471. The average molecular weight is 634 g/mol. The van der Waals surface area contributed by atoms with Crippen molar-refractivity contribution in [1.82, 2.24) is 35.8 Å². The maximum Gasteiger partial charge on any atom is 0.255 e. The standard InChI is InChI=1S/C27H27N5O5.C5H14N2.C2H6/c1-15-19(26(35)31-9-7-27(14-31)11-22(33)29-13-27)12-32-24(15)20(6-8-30-32)37-17-4-5-18-21(10-17)36-16(2)23(18)25(34)28-3;1-3-4-7-5-6-2;1-2/h4-6,8,10,12H,7,9,11,13-14H2,1-3H3,(H,28,34)(H,29,33);6-7H,3-5H2,1-2H3;1-2H3. The molecule has 0 aliphatic carbocycles. The van der Waals surface area contributed by atoms with Gasteiger partial charge in [-0.3, -0.25) is 14.4 Å². The fourth-order valence-electron chi connectivity index (χ4n) is 6.03. The predicted octanol–water partition coefficient (Wildman–Crippen LogP) is 4.39. The highest BCUT2D eigenvalue weighted by atomic mass is 16.5. The van der Waals surface area contributed by atoms with Crippen LogP contribution in [0.2, 0.25) is 0 Å². The van der Waals surface area contributed by atoms with Gasteiger partial charge in [-0.1, -0.05) is 20.8 Å². The summed E-state index contributed by atoms with van der Waals surface area (Å²) in [6.07, 6.45) is 5.85. The molecule has 12 nitrogen and oxygen atoms in total. The van der Waals surface area contributed by atoms with Crippen LogP contribution < -0.4 is 26.0 Å². The molecule has 0 bridgehead atoms. The molecule has 6 rings (SSSR count). The zero-order chi connectivity index (χ0) is 33.4. The van der Waals surface area contributed by atoms with Crippen LogP contribution >= 0.6 is 0 Å². The van der Waals surface area contributed by atoms with E-state index in [2.05, 4.69) is 33.3 Å². The third kappa shape index (κ3) is 7.18. The SMILES string of the molecule is CC.CCCNCNC.CNC(=O)c1c(C)oc2cc(Oc3ccnn4cc(C(=O)N5CCC6(CNC(=O)C6)C5)c(C)c34)ccc12. The molecule has 1 aromatic carbocycles. The van der Waals surface area contributed by atoms with E-state index in [9.17, 15) is 14.4 Å². The fourth-order valence-corrected chi connectivity index (χ4v) is 6.03. The Morgan fingerprint density at radius 1 is 1.17 bits per heavy atom. The van der Waals surface area contributed by atoms with Crippen LogP contribution in [0.3, 0.4) is 0 Å². The number of carbonyl (C=O) groups is 3. The number of amides is 3. The van der Waals surface area contributed by atoms with Gasteiger partial charge in [0.05, 0.1) is 17.3 Å². The number of hydrogen-bond acceptors (Lipinski definition) is 8. The molecule has 0 saturated carbocycles. The highest BCUT2D eigenvalue weighted by Gasteiger charge is 2.45. The van der Waals surface area contributed by atoms with Crippen molar-refractivity contribution in [2.75, 3.05) is 46.9 Å². The second-order valence-corrected chi connectivity index (χ2v) is 11.5. The topological polar surface area (TPSA) is 142 Å². The van der Waals surface area contributed by atoms with Gasteiger partial charge in [0.1, 0.15) is 22.6 Å². The van der Waals surface area contributed by atoms with E-state index in [1.807, 2.05) is 32.7 Å². The summed E-state index contributed by atoms with van der Waals surface area (Å²) in [5, 5.41) is 16.8. The molecule has 1 atom stereocenters. The van der Waals surface area contributed by atoms with Crippen LogP contribution in [0.5, 0.6) is 11.5 Å². The number of carbonyl (C=O) groups excluding carboxylic acids is 3. The van der Waals surface area contributed by atoms with Crippen molar-refractivity contribution in [3.8, 4) is 11.5 Å². The van der Waals surface area contributed by atoms with Gasteiger partial charge < -0.3 is 35.3 Å². The minimum Gasteiger partial charge on any atom is -0.460 e. The summed E-state index contributed by atoms with van der Waals surface area (Å²) in [7, 11) is 3.52. The molecule has 12 heteroatoms. The van der Waals surface area contributed by atoms with Crippen molar-refractivity contribution in [1.29, 1.82) is 0 Å². The monoisotopic (exact) mass is 633 g/mol. The molecule has 2 aliphatic rings. The molecule has 46 heavy (non-hydrogen) atoms. The third-order valence-corrected chi connectivity index (χ3v) is 8.29. The Kier molecular flexibility index (Phi) is 11.4. The van der Waals surface area contributed by atoms with Crippen molar-refractivity contribution in [3.05, 3.63) is 59.1 Å². The van der Waals surface area contributed by atoms with E-state index in [-0.39, 0.29) is 23.1 Å². The van der Waals surface area contributed by atoms with Gasteiger partial charge in [-0.25, -0.2) is 4.52 Å². The highest BCUT2D eigenvalue weighted by molar-refractivity contribution is 6.07. The van der Waals surface area contributed by atoms with E-state index in [0.717, 1.165) is 25.2 Å². The number of hydrogen-bond donors (Lipinski definition) is 4. The summed E-state index contributed by atoms with van der Waals surface area (Å²) in [5.41, 5.74) is 2.91. The molecule has 248 valence electrons. The van der Waals surface area contributed by atoms with Gasteiger partial charge in [0.2, 0.25) is 5.91 Å². The molecule has 2 saturated heterocycles. The first kappa shape index (κ1) is 34.5. The van der Waals surface area contributed by atoms with Crippen molar-refractivity contribution in [3.63, 3.8) is 0 Å². The van der Waals surface area contributed by atoms with Gasteiger partial charge in [0.25, 0.3) is 11.8 Å². The first-order chi connectivity index (χ1) is 22.2. The van der Waals surface area contributed by atoms with E-state index >= 15 is 0 Å². The van der Waals surface area contributed by atoms with Crippen LogP contribution in [0, 0.1) is 19.3 Å². The second-order valence-electron chi connectivity index (χ2n) is 11.5.